The van der Waals surface area contributed by atoms with Crippen LogP contribution in [0.4, 0.5) is 0 Å². The highest BCUT2D eigenvalue weighted by Gasteiger charge is 2.70. The zero-order valence-corrected chi connectivity index (χ0v) is 23.6. The highest BCUT2D eigenvalue weighted by molar-refractivity contribution is 7.85. The molecule has 1 saturated carbocycles. The van der Waals surface area contributed by atoms with Crippen LogP contribution in [0.25, 0.3) is 0 Å². The third kappa shape index (κ3) is 4.02. The molecule has 0 spiro atoms. The van der Waals surface area contributed by atoms with Crippen LogP contribution < -0.4 is 0 Å². The summed E-state index contributed by atoms with van der Waals surface area (Å²) in [6.07, 6.45) is 11.3. The molecule has 0 aromatic rings. The maximum absolute atomic E-state index is 13.8. The van der Waals surface area contributed by atoms with Crippen LogP contribution in [0.1, 0.15) is 66.7 Å². The van der Waals surface area contributed by atoms with Gasteiger partial charge in [0.05, 0.1) is 5.57 Å². The molecule has 8 heteroatoms. The van der Waals surface area contributed by atoms with Crippen LogP contribution >= 0.6 is 0 Å². The molecule has 0 amide bonds. The van der Waals surface area contributed by atoms with E-state index >= 15 is 0 Å². The van der Waals surface area contributed by atoms with Gasteiger partial charge >= 0.3 is 0 Å². The first-order valence-corrected chi connectivity index (χ1v) is 14.7. The van der Waals surface area contributed by atoms with E-state index in [9.17, 15) is 33.9 Å². The lowest BCUT2D eigenvalue weighted by Gasteiger charge is -2.61. The molecule has 206 valence electrons. The number of carbonyl (C=O) groups excluding carboxylic acids is 3. The van der Waals surface area contributed by atoms with E-state index in [1.807, 2.05) is 19.9 Å². The first-order valence-electron chi connectivity index (χ1n) is 13.3. The Kier molecular flexibility index (Phi) is 7.38. The summed E-state index contributed by atoms with van der Waals surface area (Å²) < 4.78 is 13.6. The monoisotopic (exact) mass is 542 g/mol. The Labute approximate surface area is 226 Å². The molecular formula is C30H38O7S. The summed E-state index contributed by atoms with van der Waals surface area (Å²) in [5, 5.41) is 35.3. The van der Waals surface area contributed by atoms with Crippen LogP contribution in [0.5, 0.6) is 0 Å². The largest absolute Gasteiger partial charge is 0.508 e. The van der Waals surface area contributed by atoms with Crippen molar-refractivity contribution in [1.29, 1.82) is 0 Å². The summed E-state index contributed by atoms with van der Waals surface area (Å²) in [5.41, 5.74) is -4.64. The average molecular weight is 543 g/mol. The number of carbonyl (C=O) groups is 3. The fraction of sp³-hybridized carbons (Fsp3) is 0.567. The summed E-state index contributed by atoms with van der Waals surface area (Å²) in [6, 6.07) is 0. The first kappa shape index (κ1) is 28.4. The van der Waals surface area contributed by atoms with Gasteiger partial charge in [0, 0.05) is 44.3 Å². The van der Waals surface area contributed by atoms with E-state index in [1.54, 1.807) is 26.0 Å². The van der Waals surface area contributed by atoms with Crippen molar-refractivity contribution in [2.45, 2.75) is 77.6 Å². The van der Waals surface area contributed by atoms with Gasteiger partial charge in [0.2, 0.25) is 5.78 Å². The van der Waals surface area contributed by atoms with Crippen molar-refractivity contribution in [2.75, 3.05) is 5.75 Å². The smallest absolute Gasteiger partial charge is 0.206 e. The number of aliphatic hydroxyl groups is 3. The SMILES string of the molecule is CC(=O)C1=C(C)C[C@@]2(C)[C@H](C)[C@]3(C)C(=C(O)[C@@]2(O)C1=O)C(O)=CC(=O)/C=C\C=C\[C@H]3CS(=O)C1CCCC1. The minimum atomic E-state index is -2.49. The number of allylic oxidation sites excluding steroid dienone is 7. The molecule has 4 rings (SSSR count). The van der Waals surface area contributed by atoms with Crippen molar-refractivity contribution in [2.24, 2.45) is 22.7 Å². The number of hydrogen-bond acceptors (Lipinski definition) is 7. The average Bonchev–Trinajstić information content (AvgIpc) is 3.37. The lowest BCUT2D eigenvalue weighted by atomic mass is 9.43. The summed E-state index contributed by atoms with van der Waals surface area (Å²) >= 11 is 0. The Bertz CT molecular complexity index is 1260. The third-order valence-electron chi connectivity index (χ3n) is 9.81. The highest BCUT2D eigenvalue weighted by atomic mass is 32.2. The molecule has 3 N–H and O–H groups in total. The van der Waals surface area contributed by atoms with E-state index < -0.39 is 67.9 Å². The number of aliphatic hydroxyl groups excluding tert-OH is 2. The van der Waals surface area contributed by atoms with Gasteiger partial charge in [-0.3, -0.25) is 18.6 Å². The molecule has 0 aromatic heterocycles. The molecule has 0 radical (unpaired) electrons. The van der Waals surface area contributed by atoms with Crippen molar-refractivity contribution < 1.29 is 33.9 Å². The van der Waals surface area contributed by atoms with E-state index in [2.05, 4.69) is 0 Å². The highest BCUT2D eigenvalue weighted by Crippen LogP contribution is 2.65. The molecule has 7 nitrogen and oxygen atoms in total. The van der Waals surface area contributed by atoms with Crippen LogP contribution in [-0.2, 0) is 25.2 Å². The van der Waals surface area contributed by atoms with E-state index in [4.69, 9.17) is 0 Å². The van der Waals surface area contributed by atoms with E-state index in [0.717, 1.165) is 31.8 Å². The molecule has 0 saturated heterocycles. The molecule has 0 bridgehead atoms. The molecule has 38 heavy (non-hydrogen) atoms. The first-order chi connectivity index (χ1) is 17.7. The number of hydrogen-bond donors (Lipinski definition) is 3. The molecule has 4 aliphatic carbocycles. The molecule has 0 aromatic carbocycles. The van der Waals surface area contributed by atoms with Gasteiger partial charge in [-0.1, -0.05) is 57.4 Å². The quantitative estimate of drug-likeness (QED) is 0.446. The standard InChI is InChI=1S/C30H38O7S/c1-17-15-28(4)19(3)29(5)20(16-38(37)22-12-8-9-13-22)10-6-7-11-21(32)14-23(33)25(29)27(35)30(28,36)26(34)24(17)18(2)31/h6-7,10-11,14,19-20,22,33,35-36H,8-9,12-13,15-16H2,1-5H3/b10-6+,11-7-,23-14?/t19-,20-,28-,29-,30-,38?/m0/s1. The Morgan fingerprint density at radius 1 is 1.13 bits per heavy atom. The molecule has 1 unspecified atom stereocenters. The Morgan fingerprint density at radius 3 is 2.37 bits per heavy atom. The molecule has 6 atom stereocenters. The summed E-state index contributed by atoms with van der Waals surface area (Å²) in [4.78, 5) is 38.7. The van der Waals surface area contributed by atoms with E-state index in [-0.39, 0.29) is 28.6 Å². The number of ketones is 3. The van der Waals surface area contributed by atoms with Crippen LogP contribution in [0, 0.1) is 22.7 Å². The Balaban J connectivity index is 2.01. The molecule has 0 heterocycles. The van der Waals surface area contributed by atoms with Crippen molar-refractivity contribution in [3.05, 3.63) is 58.6 Å². The maximum Gasteiger partial charge on any atom is 0.206 e. The topological polar surface area (TPSA) is 129 Å². The van der Waals surface area contributed by atoms with Crippen LogP contribution in [-0.4, -0.2) is 53.5 Å². The molecular weight excluding hydrogens is 504 g/mol. The number of rotatable bonds is 4. The fourth-order valence-corrected chi connectivity index (χ4v) is 9.36. The summed E-state index contributed by atoms with van der Waals surface area (Å²) in [6.45, 7) is 8.33. The van der Waals surface area contributed by atoms with Gasteiger partial charge in [0.25, 0.3) is 0 Å². The Morgan fingerprint density at radius 2 is 1.76 bits per heavy atom. The van der Waals surface area contributed by atoms with Crippen LogP contribution in [0.2, 0.25) is 0 Å². The van der Waals surface area contributed by atoms with Gasteiger partial charge < -0.3 is 15.3 Å². The van der Waals surface area contributed by atoms with Crippen molar-refractivity contribution >= 4 is 28.1 Å². The van der Waals surface area contributed by atoms with Gasteiger partial charge in [0.1, 0.15) is 11.5 Å². The number of Topliss-reactive ketones (excluding diaryl/α,β-unsaturated/α-hetero) is 2. The third-order valence-corrected chi connectivity index (χ3v) is 11.7. The zero-order valence-electron chi connectivity index (χ0n) is 22.7. The van der Waals surface area contributed by atoms with Crippen molar-refractivity contribution in [3.63, 3.8) is 0 Å². The second-order valence-corrected chi connectivity index (χ2v) is 13.6. The van der Waals surface area contributed by atoms with Crippen molar-refractivity contribution in [3.8, 4) is 0 Å². The second-order valence-electron chi connectivity index (χ2n) is 11.8. The maximum atomic E-state index is 13.8. The number of fused-ring (bicyclic) bond motifs is 2. The minimum Gasteiger partial charge on any atom is -0.508 e. The predicted octanol–water partition coefficient (Wildman–Crippen LogP) is 4.51. The molecule has 1 fully saturated rings. The normalized spacial score (nSPS) is 38.8. The fourth-order valence-electron chi connectivity index (χ4n) is 7.42. The van der Waals surface area contributed by atoms with Crippen LogP contribution in [0.15, 0.2) is 58.6 Å². The van der Waals surface area contributed by atoms with Gasteiger partial charge in [-0.15, -0.1) is 0 Å². The molecule has 0 aliphatic heterocycles. The van der Waals surface area contributed by atoms with Crippen LogP contribution in [0.3, 0.4) is 0 Å². The minimum absolute atomic E-state index is 0.0654. The van der Waals surface area contributed by atoms with Gasteiger partial charge in [-0.05, 0) is 51.0 Å². The van der Waals surface area contributed by atoms with Gasteiger partial charge in [0.15, 0.2) is 17.2 Å². The van der Waals surface area contributed by atoms with E-state index in [0.29, 0.717) is 5.57 Å². The summed E-state index contributed by atoms with van der Waals surface area (Å²) in [7, 11) is -1.19. The van der Waals surface area contributed by atoms with Gasteiger partial charge in [-0.25, -0.2) is 0 Å². The van der Waals surface area contributed by atoms with E-state index in [1.165, 1.54) is 13.0 Å². The Hall–Kier alpha value is -2.58. The predicted molar refractivity (Wildman–Crippen MR) is 146 cm³/mol. The van der Waals surface area contributed by atoms with Crippen molar-refractivity contribution in [1.82, 2.24) is 0 Å². The lowest BCUT2D eigenvalue weighted by molar-refractivity contribution is -0.170. The second kappa shape index (κ2) is 9.87. The van der Waals surface area contributed by atoms with Gasteiger partial charge in [-0.2, -0.15) is 0 Å². The lowest BCUT2D eigenvalue weighted by Crippen LogP contribution is -2.67. The zero-order chi connectivity index (χ0) is 28.2. The molecule has 4 aliphatic rings. The summed E-state index contributed by atoms with van der Waals surface area (Å²) in [5.74, 6) is -4.06.